The Hall–Kier alpha value is -1.28. The van der Waals surface area contributed by atoms with E-state index in [9.17, 15) is 0 Å². The molecule has 1 aliphatic rings. The van der Waals surface area contributed by atoms with Gasteiger partial charge in [0.15, 0.2) is 0 Å². The molecule has 27 heavy (non-hydrogen) atoms. The van der Waals surface area contributed by atoms with Crippen LogP contribution in [0.25, 0.3) is 0 Å². The first-order chi connectivity index (χ1) is 13.4. The maximum absolute atomic E-state index is 5.77. The van der Waals surface area contributed by atoms with Crippen LogP contribution in [-0.2, 0) is 11.2 Å². The van der Waals surface area contributed by atoms with Gasteiger partial charge in [0.1, 0.15) is 18.5 Å². The summed E-state index contributed by atoms with van der Waals surface area (Å²) in [5, 5.41) is 0. The number of unbranched alkanes of at least 4 members (excludes halogenated alkanes) is 12. The normalized spacial score (nSPS) is 15.6. The van der Waals surface area contributed by atoms with E-state index in [2.05, 4.69) is 24.8 Å². The molecule has 0 N–H and O–H groups in total. The molecule has 0 spiro atoms. The lowest BCUT2D eigenvalue weighted by Gasteiger charge is -2.07. The van der Waals surface area contributed by atoms with Crippen LogP contribution in [0.15, 0.2) is 36.9 Å². The summed E-state index contributed by atoms with van der Waals surface area (Å²) < 4.78 is 11.0. The Labute approximate surface area is 167 Å². The molecule has 0 aromatic heterocycles. The van der Waals surface area contributed by atoms with Gasteiger partial charge in [0.25, 0.3) is 0 Å². The predicted octanol–water partition coefficient (Wildman–Crippen LogP) is 7.26. The molecule has 0 amide bonds. The minimum absolute atomic E-state index is 0.330. The van der Waals surface area contributed by atoms with Crippen molar-refractivity contribution in [3.8, 4) is 5.75 Å². The molecule has 1 unspecified atom stereocenters. The highest BCUT2D eigenvalue weighted by molar-refractivity contribution is 5.28. The summed E-state index contributed by atoms with van der Waals surface area (Å²) in [6, 6.07) is 8.57. The number of rotatable bonds is 18. The molecule has 1 heterocycles. The van der Waals surface area contributed by atoms with Crippen LogP contribution in [0.4, 0.5) is 0 Å². The van der Waals surface area contributed by atoms with Crippen molar-refractivity contribution in [2.45, 2.75) is 96.0 Å². The van der Waals surface area contributed by atoms with Gasteiger partial charge in [-0.25, -0.2) is 0 Å². The van der Waals surface area contributed by atoms with Gasteiger partial charge in [-0.2, -0.15) is 0 Å². The van der Waals surface area contributed by atoms with E-state index in [4.69, 9.17) is 9.47 Å². The first-order valence-corrected chi connectivity index (χ1v) is 11.3. The van der Waals surface area contributed by atoms with Crippen LogP contribution in [-0.4, -0.2) is 19.3 Å². The van der Waals surface area contributed by atoms with Crippen molar-refractivity contribution in [1.29, 1.82) is 0 Å². The molecule has 1 aromatic rings. The van der Waals surface area contributed by atoms with E-state index in [1.54, 1.807) is 0 Å². The molecule has 152 valence electrons. The zero-order valence-corrected chi connectivity index (χ0v) is 17.3. The van der Waals surface area contributed by atoms with Gasteiger partial charge in [0.2, 0.25) is 0 Å². The fourth-order valence-electron chi connectivity index (χ4n) is 3.53. The molecule has 1 atom stereocenters. The SMILES string of the molecule is C=CCCCCCCCCCCCCCCc1cccc(OCC2CO2)c1. The Morgan fingerprint density at radius 2 is 1.48 bits per heavy atom. The first kappa shape index (κ1) is 22.0. The van der Waals surface area contributed by atoms with Crippen molar-refractivity contribution in [1.82, 2.24) is 0 Å². The molecule has 0 aliphatic carbocycles. The zero-order chi connectivity index (χ0) is 19.0. The fourth-order valence-corrected chi connectivity index (χ4v) is 3.53. The highest BCUT2D eigenvalue weighted by Gasteiger charge is 2.22. The van der Waals surface area contributed by atoms with Gasteiger partial charge in [-0.05, 0) is 43.4 Å². The summed E-state index contributed by atoms with van der Waals surface area (Å²) in [5.74, 6) is 0.990. The van der Waals surface area contributed by atoms with Crippen molar-refractivity contribution in [2.24, 2.45) is 0 Å². The summed E-state index contributed by atoms with van der Waals surface area (Å²) in [4.78, 5) is 0. The minimum atomic E-state index is 0.330. The van der Waals surface area contributed by atoms with E-state index in [-0.39, 0.29) is 0 Å². The number of epoxide rings is 1. The minimum Gasteiger partial charge on any atom is -0.491 e. The summed E-state index contributed by atoms with van der Waals surface area (Å²) in [6.07, 6.45) is 21.4. The van der Waals surface area contributed by atoms with Crippen molar-refractivity contribution in [2.75, 3.05) is 13.2 Å². The summed E-state index contributed by atoms with van der Waals surface area (Å²) in [7, 11) is 0. The number of hydrogen-bond donors (Lipinski definition) is 0. The Bertz CT molecular complexity index is 493. The summed E-state index contributed by atoms with van der Waals surface area (Å²) >= 11 is 0. The van der Waals surface area contributed by atoms with E-state index in [1.165, 1.54) is 95.5 Å². The van der Waals surface area contributed by atoms with Crippen LogP contribution in [0.1, 0.15) is 89.0 Å². The van der Waals surface area contributed by atoms with Gasteiger partial charge in [0, 0.05) is 0 Å². The van der Waals surface area contributed by atoms with Gasteiger partial charge in [-0.3, -0.25) is 0 Å². The van der Waals surface area contributed by atoms with E-state index in [0.717, 1.165) is 12.4 Å². The molecule has 1 aliphatic heterocycles. The monoisotopic (exact) mass is 372 g/mol. The average Bonchev–Trinajstić information content (AvgIpc) is 3.51. The molecule has 1 aromatic carbocycles. The highest BCUT2D eigenvalue weighted by Crippen LogP contribution is 2.19. The van der Waals surface area contributed by atoms with Crippen LogP contribution < -0.4 is 4.74 Å². The summed E-state index contributed by atoms with van der Waals surface area (Å²) in [5.41, 5.74) is 1.40. The van der Waals surface area contributed by atoms with Gasteiger partial charge in [-0.1, -0.05) is 82.4 Å². The number of ether oxygens (including phenoxy) is 2. The van der Waals surface area contributed by atoms with E-state index in [0.29, 0.717) is 12.7 Å². The van der Waals surface area contributed by atoms with Gasteiger partial charge >= 0.3 is 0 Å². The maximum Gasteiger partial charge on any atom is 0.119 e. The van der Waals surface area contributed by atoms with Gasteiger partial charge in [0.05, 0.1) is 6.61 Å². The lowest BCUT2D eigenvalue weighted by atomic mass is 10.0. The van der Waals surface area contributed by atoms with Crippen molar-refractivity contribution in [3.63, 3.8) is 0 Å². The first-order valence-electron chi connectivity index (χ1n) is 11.3. The quantitative estimate of drug-likeness (QED) is 0.154. The fraction of sp³-hybridized carbons (Fsp3) is 0.680. The molecule has 0 bridgehead atoms. The molecule has 2 heteroatoms. The molecule has 2 nitrogen and oxygen atoms in total. The Kier molecular flexibility index (Phi) is 12.0. The van der Waals surface area contributed by atoms with Crippen LogP contribution in [0.5, 0.6) is 5.75 Å². The van der Waals surface area contributed by atoms with Crippen LogP contribution >= 0.6 is 0 Å². The Morgan fingerprint density at radius 1 is 0.889 bits per heavy atom. The second-order valence-corrected chi connectivity index (χ2v) is 7.98. The molecular formula is C25H40O2. The Balaban J connectivity index is 1.36. The standard InChI is InChI=1S/C25H40O2/c1-2-3-4-5-6-7-8-9-10-11-12-13-14-15-17-23-18-16-19-24(20-23)26-21-25-22-27-25/h2,16,18-20,25H,1,3-15,17,21-22H2. The zero-order valence-electron chi connectivity index (χ0n) is 17.3. The molecule has 0 radical (unpaired) electrons. The lowest BCUT2D eigenvalue weighted by Crippen LogP contribution is -2.04. The summed E-state index contributed by atoms with van der Waals surface area (Å²) in [6.45, 7) is 5.33. The number of aryl methyl sites for hydroxylation is 1. The third kappa shape index (κ3) is 11.9. The molecule has 0 saturated carbocycles. The van der Waals surface area contributed by atoms with Crippen molar-refractivity contribution in [3.05, 3.63) is 42.5 Å². The molecule has 1 fully saturated rings. The van der Waals surface area contributed by atoms with Gasteiger partial charge < -0.3 is 9.47 Å². The number of benzene rings is 1. The van der Waals surface area contributed by atoms with Crippen molar-refractivity contribution >= 4 is 0 Å². The van der Waals surface area contributed by atoms with E-state index >= 15 is 0 Å². The van der Waals surface area contributed by atoms with Crippen LogP contribution in [0, 0.1) is 0 Å². The molecular weight excluding hydrogens is 332 g/mol. The van der Waals surface area contributed by atoms with Crippen LogP contribution in [0.2, 0.25) is 0 Å². The van der Waals surface area contributed by atoms with Gasteiger partial charge in [-0.15, -0.1) is 6.58 Å². The second kappa shape index (κ2) is 14.7. The highest BCUT2D eigenvalue weighted by atomic mass is 16.6. The molecule has 2 rings (SSSR count). The van der Waals surface area contributed by atoms with Crippen LogP contribution in [0.3, 0.4) is 0 Å². The lowest BCUT2D eigenvalue weighted by molar-refractivity contribution is 0.263. The smallest absolute Gasteiger partial charge is 0.119 e. The predicted molar refractivity (Wildman–Crippen MR) is 116 cm³/mol. The molecule has 1 saturated heterocycles. The third-order valence-electron chi connectivity index (χ3n) is 5.36. The van der Waals surface area contributed by atoms with E-state index in [1.807, 2.05) is 12.1 Å². The second-order valence-electron chi connectivity index (χ2n) is 7.98. The van der Waals surface area contributed by atoms with E-state index < -0.39 is 0 Å². The maximum atomic E-state index is 5.77. The van der Waals surface area contributed by atoms with Crippen molar-refractivity contribution < 1.29 is 9.47 Å². The average molecular weight is 373 g/mol. The third-order valence-corrected chi connectivity index (χ3v) is 5.36. The largest absolute Gasteiger partial charge is 0.491 e. The Morgan fingerprint density at radius 3 is 2.07 bits per heavy atom. The topological polar surface area (TPSA) is 21.8 Å². The number of hydrogen-bond acceptors (Lipinski definition) is 2. The number of allylic oxidation sites excluding steroid dienone is 1.